The second-order valence-electron chi connectivity index (χ2n) is 9.19. The third kappa shape index (κ3) is 7.80. The van der Waals surface area contributed by atoms with Crippen LogP contribution in [0.15, 0.2) is 83.8 Å². The number of halogens is 2. The molecule has 2 amide bonds. The smallest absolute Gasteiger partial charge is 0.264 e. The summed E-state index contributed by atoms with van der Waals surface area (Å²) in [6.07, 6.45) is 1.03. The Labute approximate surface area is 234 Å². The Morgan fingerprint density at radius 3 is 2.10 bits per heavy atom. The highest BCUT2D eigenvalue weighted by Crippen LogP contribution is 2.25. The van der Waals surface area contributed by atoms with Crippen LogP contribution in [0.1, 0.15) is 39.2 Å². The zero-order valence-corrected chi connectivity index (χ0v) is 23.8. The molecule has 0 radical (unpaired) electrons. The van der Waals surface area contributed by atoms with E-state index in [1.165, 1.54) is 4.90 Å². The third-order valence-corrected chi connectivity index (χ3v) is 8.42. The third-order valence-electron chi connectivity index (χ3n) is 6.38. The standard InChI is InChI=1S/C29H33ClFN3O4S/c1-4-21(3)32-29(36)27(5-2)33(19-22-11-13-23(30)14-12-22)28(35)20-34(25-9-7-6-8-10-25)39(37,38)26-17-15-24(31)16-18-26/h6-18,21,27H,4-5,19-20H2,1-3H3,(H,32,36). The average molecular weight is 574 g/mol. The van der Waals surface area contributed by atoms with Crippen LogP contribution in [-0.2, 0) is 26.2 Å². The van der Waals surface area contributed by atoms with E-state index in [-0.39, 0.29) is 29.1 Å². The Morgan fingerprint density at radius 1 is 0.923 bits per heavy atom. The summed E-state index contributed by atoms with van der Waals surface area (Å²) in [5, 5.41) is 3.46. The van der Waals surface area contributed by atoms with Gasteiger partial charge in [0.1, 0.15) is 18.4 Å². The van der Waals surface area contributed by atoms with Gasteiger partial charge in [-0.1, -0.05) is 55.8 Å². The number of nitrogens with one attached hydrogen (secondary N) is 1. The summed E-state index contributed by atoms with van der Waals surface area (Å²) >= 11 is 6.04. The largest absolute Gasteiger partial charge is 0.352 e. The van der Waals surface area contributed by atoms with Crippen molar-refractivity contribution in [2.24, 2.45) is 0 Å². The molecular weight excluding hydrogens is 541 g/mol. The van der Waals surface area contributed by atoms with E-state index in [4.69, 9.17) is 11.6 Å². The molecule has 10 heteroatoms. The van der Waals surface area contributed by atoms with Crippen molar-refractivity contribution in [3.8, 4) is 0 Å². The molecule has 0 aliphatic rings. The van der Waals surface area contributed by atoms with Crippen molar-refractivity contribution in [3.05, 3.63) is 95.3 Å². The molecule has 3 aromatic rings. The fourth-order valence-electron chi connectivity index (χ4n) is 4.00. The molecule has 3 aromatic carbocycles. The van der Waals surface area contributed by atoms with Crippen LogP contribution in [-0.4, -0.2) is 43.8 Å². The van der Waals surface area contributed by atoms with E-state index in [1.54, 1.807) is 61.5 Å². The highest BCUT2D eigenvalue weighted by molar-refractivity contribution is 7.92. The van der Waals surface area contributed by atoms with Gasteiger partial charge < -0.3 is 10.2 Å². The van der Waals surface area contributed by atoms with Crippen molar-refractivity contribution in [2.75, 3.05) is 10.8 Å². The second-order valence-corrected chi connectivity index (χ2v) is 11.5. The molecule has 0 aliphatic heterocycles. The Kier molecular flexibility index (Phi) is 10.5. The van der Waals surface area contributed by atoms with Crippen LogP contribution in [0.5, 0.6) is 0 Å². The summed E-state index contributed by atoms with van der Waals surface area (Å²) in [5.74, 6) is -1.46. The molecule has 2 atom stereocenters. The second kappa shape index (κ2) is 13.6. The number of rotatable bonds is 12. The number of amides is 2. The van der Waals surface area contributed by atoms with Crippen LogP contribution in [0.4, 0.5) is 10.1 Å². The maximum atomic E-state index is 13.9. The molecule has 0 saturated heterocycles. The van der Waals surface area contributed by atoms with Crippen LogP contribution in [0, 0.1) is 5.82 Å². The lowest BCUT2D eigenvalue weighted by Crippen LogP contribution is -2.53. The topological polar surface area (TPSA) is 86.8 Å². The summed E-state index contributed by atoms with van der Waals surface area (Å²) in [6.45, 7) is 5.13. The molecule has 208 valence electrons. The lowest BCUT2D eigenvalue weighted by molar-refractivity contribution is -0.140. The molecule has 0 aromatic heterocycles. The predicted octanol–water partition coefficient (Wildman–Crippen LogP) is 5.40. The van der Waals surface area contributed by atoms with E-state index >= 15 is 0 Å². The molecular formula is C29H33ClFN3O4S. The predicted molar refractivity (Wildman–Crippen MR) is 151 cm³/mol. The van der Waals surface area contributed by atoms with E-state index in [1.807, 2.05) is 13.8 Å². The van der Waals surface area contributed by atoms with Gasteiger partial charge in [-0.2, -0.15) is 0 Å². The minimum absolute atomic E-state index is 0.0711. The molecule has 0 saturated carbocycles. The highest BCUT2D eigenvalue weighted by atomic mass is 35.5. The molecule has 2 unspecified atom stereocenters. The van der Waals surface area contributed by atoms with Gasteiger partial charge in [0.05, 0.1) is 10.6 Å². The number of hydrogen-bond acceptors (Lipinski definition) is 4. The fraction of sp³-hybridized carbons (Fsp3) is 0.310. The number of carbonyl (C=O) groups is 2. The first-order valence-corrected chi connectivity index (χ1v) is 14.6. The maximum absolute atomic E-state index is 13.9. The van der Waals surface area contributed by atoms with Gasteiger partial charge >= 0.3 is 0 Å². The van der Waals surface area contributed by atoms with E-state index in [9.17, 15) is 22.4 Å². The fourth-order valence-corrected chi connectivity index (χ4v) is 5.54. The van der Waals surface area contributed by atoms with Gasteiger partial charge in [0, 0.05) is 17.6 Å². The molecule has 0 heterocycles. The van der Waals surface area contributed by atoms with Crippen LogP contribution < -0.4 is 9.62 Å². The van der Waals surface area contributed by atoms with Crippen LogP contribution >= 0.6 is 11.6 Å². The Bertz CT molecular complexity index is 1350. The molecule has 0 spiro atoms. The number of para-hydroxylation sites is 1. The summed E-state index contributed by atoms with van der Waals surface area (Å²) < 4.78 is 41.9. The van der Waals surface area contributed by atoms with Gasteiger partial charge in [0.2, 0.25) is 11.8 Å². The first-order valence-electron chi connectivity index (χ1n) is 12.7. The normalized spacial score (nSPS) is 12.8. The van der Waals surface area contributed by atoms with E-state index in [0.717, 1.165) is 34.1 Å². The van der Waals surface area contributed by atoms with Crippen molar-refractivity contribution in [2.45, 2.75) is 57.1 Å². The van der Waals surface area contributed by atoms with Gasteiger partial charge in [-0.15, -0.1) is 0 Å². The minimum Gasteiger partial charge on any atom is -0.352 e. The van der Waals surface area contributed by atoms with Crippen molar-refractivity contribution < 1.29 is 22.4 Å². The van der Waals surface area contributed by atoms with Crippen LogP contribution in [0.2, 0.25) is 5.02 Å². The minimum atomic E-state index is -4.25. The lowest BCUT2D eigenvalue weighted by atomic mass is 10.1. The van der Waals surface area contributed by atoms with Crippen LogP contribution in [0.25, 0.3) is 0 Å². The summed E-state index contributed by atoms with van der Waals surface area (Å²) in [6, 6.07) is 18.6. The summed E-state index contributed by atoms with van der Waals surface area (Å²) in [4.78, 5) is 28.4. The van der Waals surface area contributed by atoms with Gasteiger partial charge in [0.15, 0.2) is 0 Å². The molecule has 0 fully saturated rings. The number of hydrogen-bond donors (Lipinski definition) is 1. The van der Waals surface area contributed by atoms with Crippen molar-refractivity contribution in [1.29, 1.82) is 0 Å². The monoisotopic (exact) mass is 573 g/mol. The maximum Gasteiger partial charge on any atom is 0.264 e. The average Bonchev–Trinajstić information content (AvgIpc) is 2.93. The summed E-state index contributed by atoms with van der Waals surface area (Å²) in [5.41, 5.74) is 0.994. The Hall–Kier alpha value is -3.43. The molecule has 7 nitrogen and oxygen atoms in total. The van der Waals surface area contributed by atoms with Gasteiger partial charge in [-0.3, -0.25) is 13.9 Å². The number of anilines is 1. The number of benzene rings is 3. The van der Waals surface area contributed by atoms with Crippen molar-refractivity contribution in [1.82, 2.24) is 10.2 Å². The summed E-state index contributed by atoms with van der Waals surface area (Å²) in [7, 11) is -4.25. The first kappa shape index (κ1) is 30.1. The van der Waals surface area contributed by atoms with Crippen molar-refractivity contribution in [3.63, 3.8) is 0 Å². The molecule has 1 N–H and O–H groups in total. The van der Waals surface area contributed by atoms with E-state index < -0.39 is 34.3 Å². The van der Waals surface area contributed by atoms with Gasteiger partial charge in [-0.05, 0) is 73.9 Å². The zero-order valence-electron chi connectivity index (χ0n) is 22.2. The van der Waals surface area contributed by atoms with Crippen LogP contribution in [0.3, 0.4) is 0 Å². The lowest BCUT2D eigenvalue weighted by Gasteiger charge is -2.33. The molecule has 3 rings (SSSR count). The van der Waals surface area contributed by atoms with Gasteiger partial charge in [-0.25, -0.2) is 12.8 Å². The Morgan fingerprint density at radius 2 is 1.54 bits per heavy atom. The first-order chi connectivity index (χ1) is 18.6. The SMILES string of the molecule is CCC(C)NC(=O)C(CC)N(Cc1ccc(Cl)cc1)C(=O)CN(c1ccccc1)S(=O)(=O)c1ccc(F)cc1. The number of nitrogens with zero attached hydrogens (tertiary/aromatic N) is 2. The molecule has 39 heavy (non-hydrogen) atoms. The zero-order chi connectivity index (χ0) is 28.6. The molecule has 0 aliphatic carbocycles. The van der Waals surface area contributed by atoms with E-state index in [2.05, 4.69) is 5.32 Å². The van der Waals surface area contributed by atoms with Crippen molar-refractivity contribution >= 4 is 39.1 Å². The highest BCUT2D eigenvalue weighted by Gasteiger charge is 2.34. The van der Waals surface area contributed by atoms with Gasteiger partial charge in [0.25, 0.3) is 10.0 Å². The number of carbonyl (C=O) groups excluding carboxylic acids is 2. The number of sulfonamides is 1. The Balaban J connectivity index is 2.02. The quantitative estimate of drug-likeness (QED) is 0.314. The molecule has 0 bridgehead atoms. The van der Waals surface area contributed by atoms with E-state index in [0.29, 0.717) is 17.9 Å².